The molecule has 2 aromatic heterocycles. The van der Waals surface area contributed by atoms with E-state index in [-0.39, 0.29) is 36.3 Å². The summed E-state index contributed by atoms with van der Waals surface area (Å²) in [4.78, 5) is 45.0. The lowest BCUT2D eigenvalue weighted by atomic mass is 9.90. The van der Waals surface area contributed by atoms with Crippen LogP contribution in [0.3, 0.4) is 0 Å². The largest absolute Gasteiger partial charge is 0.391 e. The van der Waals surface area contributed by atoms with Crippen molar-refractivity contribution in [3.05, 3.63) is 75.9 Å². The van der Waals surface area contributed by atoms with Crippen molar-refractivity contribution < 1.29 is 19.2 Å². The Kier molecular flexibility index (Phi) is 6.76. The van der Waals surface area contributed by atoms with Gasteiger partial charge in [-0.2, -0.15) is 4.99 Å². The summed E-state index contributed by atoms with van der Waals surface area (Å²) in [6.07, 6.45) is -0.478. The molecule has 0 radical (unpaired) electrons. The molecule has 1 fully saturated rings. The molecule has 2 aliphatic rings. The second-order valence-electron chi connectivity index (χ2n) is 10.9. The number of carbonyl (C=O) groups is 2. The van der Waals surface area contributed by atoms with Gasteiger partial charge in [0.15, 0.2) is 0 Å². The molecular weight excluding hydrogens is 498 g/mol. The number of nitrogens with zero attached hydrogens (tertiary/aromatic N) is 4. The maximum Gasteiger partial charge on any atom is 0.277 e. The molecule has 10 nitrogen and oxygen atoms in total. The van der Waals surface area contributed by atoms with Crippen LogP contribution in [0.25, 0.3) is 11.3 Å². The first-order valence-electron chi connectivity index (χ1n) is 13.1. The van der Waals surface area contributed by atoms with E-state index in [4.69, 9.17) is 4.52 Å². The summed E-state index contributed by atoms with van der Waals surface area (Å²) < 4.78 is 7.01. The topological polar surface area (TPSA) is 130 Å². The Morgan fingerprint density at radius 2 is 1.90 bits per heavy atom. The summed E-state index contributed by atoms with van der Waals surface area (Å²) in [5.41, 5.74) is 1.74. The predicted molar refractivity (Wildman–Crippen MR) is 145 cm³/mol. The molecular formula is C29H33N5O5. The number of hydrogen-bond acceptors (Lipinski definition) is 7. The number of amidine groups is 1. The quantitative estimate of drug-likeness (QED) is 0.500. The summed E-state index contributed by atoms with van der Waals surface area (Å²) in [7, 11) is 1.71. The molecule has 204 valence electrons. The van der Waals surface area contributed by atoms with Crippen molar-refractivity contribution in [3.63, 3.8) is 0 Å². The van der Waals surface area contributed by atoms with Crippen LogP contribution in [0.5, 0.6) is 0 Å². The van der Waals surface area contributed by atoms with Gasteiger partial charge in [-0.25, -0.2) is 0 Å². The molecule has 1 aromatic carbocycles. The predicted octanol–water partition coefficient (Wildman–Crippen LogP) is 2.49. The van der Waals surface area contributed by atoms with Gasteiger partial charge in [0.05, 0.1) is 23.5 Å². The highest BCUT2D eigenvalue weighted by atomic mass is 16.5. The molecule has 2 N–H and O–H groups in total. The van der Waals surface area contributed by atoms with E-state index in [9.17, 15) is 19.5 Å². The van der Waals surface area contributed by atoms with Crippen LogP contribution < -0.4 is 10.9 Å². The van der Waals surface area contributed by atoms with E-state index in [1.807, 2.05) is 44.2 Å². The lowest BCUT2D eigenvalue weighted by Crippen LogP contribution is -2.51. The number of rotatable bonds is 6. The van der Waals surface area contributed by atoms with E-state index in [2.05, 4.69) is 15.5 Å². The minimum absolute atomic E-state index is 0.0729. The summed E-state index contributed by atoms with van der Waals surface area (Å²) >= 11 is 0. The fourth-order valence-electron chi connectivity index (χ4n) is 5.50. The second kappa shape index (κ2) is 9.92. The first-order valence-corrected chi connectivity index (χ1v) is 13.1. The zero-order chi connectivity index (χ0) is 28.1. The molecule has 4 atom stereocenters. The molecule has 1 saturated heterocycles. The maximum atomic E-state index is 13.8. The summed E-state index contributed by atoms with van der Waals surface area (Å²) in [6, 6.07) is 13.7. The average molecular weight is 532 g/mol. The lowest BCUT2D eigenvalue weighted by molar-refractivity contribution is -0.134. The number of pyridine rings is 1. The monoisotopic (exact) mass is 531 g/mol. The Morgan fingerprint density at radius 1 is 1.18 bits per heavy atom. The first kappa shape index (κ1) is 26.6. The number of aliphatic imine (C=N–C) groups is 1. The summed E-state index contributed by atoms with van der Waals surface area (Å²) in [5, 5.41) is 17.8. The zero-order valence-electron chi connectivity index (χ0n) is 22.7. The number of amides is 2. The SMILES string of the molecule is Cc1cc([C@H](C(=O)N2C[C@H](O)C[C@H]2C2=NC(=O)[C@](C)(c3ccc(-c4cccc(=O)n4C)cc3)N2)C(C)C)on1. The van der Waals surface area contributed by atoms with Crippen molar-refractivity contribution in [2.24, 2.45) is 18.0 Å². The second-order valence-corrected chi connectivity index (χ2v) is 10.9. The highest BCUT2D eigenvalue weighted by Crippen LogP contribution is 2.34. The number of likely N-dealkylation sites (tertiary alicyclic amines) is 1. The molecule has 10 heteroatoms. The van der Waals surface area contributed by atoms with Crippen LogP contribution in [-0.4, -0.2) is 56.1 Å². The number of β-amino-alcohol motifs (C(OH)–C–C–N with tert-alkyl or cyclic N) is 1. The summed E-state index contributed by atoms with van der Waals surface area (Å²) in [6.45, 7) is 7.56. The highest BCUT2D eigenvalue weighted by molar-refractivity contribution is 6.09. The highest BCUT2D eigenvalue weighted by Gasteiger charge is 2.48. The third-order valence-electron chi connectivity index (χ3n) is 7.73. The van der Waals surface area contributed by atoms with Gasteiger partial charge in [0, 0.05) is 32.1 Å². The normalized spacial score (nSPS) is 23.7. The molecule has 3 aromatic rings. The van der Waals surface area contributed by atoms with Gasteiger partial charge in [-0.3, -0.25) is 14.4 Å². The third-order valence-corrected chi connectivity index (χ3v) is 7.73. The van der Waals surface area contributed by atoms with Crippen LogP contribution in [0.2, 0.25) is 0 Å². The Labute approximate surface area is 226 Å². The molecule has 4 heterocycles. The van der Waals surface area contributed by atoms with Crippen molar-refractivity contribution in [2.75, 3.05) is 6.54 Å². The van der Waals surface area contributed by atoms with Crippen LogP contribution in [0.1, 0.15) is 50.1 Å². The lowest BCUT2D eigenvalue weighted by Gasteiger charge is -2.31. The number of aromatic nitrogens is 2. The Hall–Kier alpha value is -4.05. The van der Waals surface area contributed by atoms with Crippen LogP contribution >= 0.6 is 0 Å². The number of nitrogens with one attached hydrogen (secondary N) is 1. The van der Waals surface area contributed by atoms with Crippen molar-refractivity contribution in [1.82, 2.24) is 19.9 Å². The van der Waals surface area contributed by atoms with Gasteiger partial charge in [0.1, 0.15) is 23.1 Å². The van der Waals surface area contributed by atoms with Gasteiger partial charge < -0.3 is 24.4 Å². The maximum absolute atomic E-state index is 13.8. The number of hydrogen-bond donors (Lipinski definition) is 2. The van der Waals surface area contributed by atoms with Gasteiger partial charge in [-0.15, -0.1) is 0 Å². The zero-order valence-corrected chi connectivity index (χ0v) is 22.7. The van der Waals surface area contributed by atoms with Gasteiger partial charge in [-0.1, -0.05) is 49.3 Å². The van der Waals surface area contributed by atoms with Crippen LogP contribution in [0, 0.1) is 12.8 Å². The van der Waals surface area contributed by atoms with E-state index in [0.29, 0.717) is 22.9 Å². The Morgan fingerprint density at radius 3 is 2.54 bits per heavy atom. The number of aliphatic hydroxyl groups is 1. The van der Waals surface area contributed by atoms with E-state index in [0.717, 1.165) is 11.3 Å². The van der Waals surface area contributed by atoms with Crippen molar-refractivity contribution >= 4 is 17.6 Å². The molecule has 0 bridgehead atoms. The van der Waals surface area contributed by atoms with E-state index >= 15 is 0 Å². The van der Waals surface area contributed by atoms with Gasteiger partial charge >= 0.3 is 0 Å². The van der Waals surface area contributed by atoms with Gasteiger partial charge in [0.2, 0.25) is 5.91 Å². The third kappa shape index (κ3) is 4.69. The number of carbonyl (C=O) groups excluding carboxylic acids is 2. The number of aliphatic hydroxyl groups excluding tert-OH is 1. The summed E-state index contributed by atoms with van der Waals surface area (Å²) in [5.74, 6) is -0.395. The smallest absolute Gasteiger partial charge is 0.277 e. The molecule has 0 saturated carbocycles. The van der Waals surface area contributed by atoms with Crippen LogP contribution in [0.15, 0.2) is 62.8 Å². The van der Waals surface area contributed by atoms with Gasteiger partial charge in [0.25, 0.3) is 11.5 Å². The van der Waals surface area contributed by atoms with E-state index in [1.165, 1.54) is 6.07 Å². The average Bonchev–Trinajstić information content (AvgIpc) is 3.58. The molecule has 0 aliphatic carbocycles. The molecule has 2 aliphatic heterocycles. The fourth-order valence-corrected chi connectivity index (χ4v) is 5.50. The minimum atomic E-state index is -1.14. The molecule has 0 unspecified atom stereocenters. The molecule has 2 amide bonds. The first-order chi connectivity index (χ1) is 18.5. The van der Waals surface area contributed by atoms with Crippen molar-refractivity contribution in [2.45, 2.75) is 57.7 Å². The van der Waals surface area contributed by atoms with Gasteiger partial charge in [-0.05, 0) is 37.0 Å². The van der Waals surface area contributed by atoms with Crippen LogP contribution in [0.4, 0.5) is 0 Å². The Bertz CT molecular complexity index is 1500. The molecule has 5 rings (SSSR count). The minimum Gasteiger partial charge on any atom is -0.391 e. The standard InChI is InChI=1S/C29H33N5O5/c1-16(2)25(23-13-17(3)32-39-23)27(37)34-15-20(35)14-22(34)26-30-28(38)29(4,31-26)19-11-9-18(10-12-19)21-7-6-8-24(36)33(21)5/h6-13,16,20,22,25,35H,14-15H2,1-5H3,(H,30,31,38)/t20-,22+,25-,29+/m1/s1. The van der Waals surface area contributed by atoms with E-state index in [1.54, 1.807) is 42.5 Å². The molecule has 39 heavy (non-hydrogen) atoms. The fraction of sp³-hybridized carbons (Fsp3) is 0.414. The molecule has 0 spiro atoms. The number of benzene rings is 1. The van der Waals surface area contributed by atoms with E-state index < -0.39 is 23.6 Å². The van der Waals surface area contributed by atoms with Crippen molar-refractivity contribution in [1.29, 1.82) is 0 Å². The number of aryl methyl sites for hydroxylation is 1. The van der Waals surface area contributed by atoms with Crippen LogP contribution in [-0.2, 0) is 22.2 Å². The Balaban J connectivity index is 1.40. The van der Waals surface area contributed by atoms with Crippen molar-refractivity contribution in [3.8, 4) is 11.3 Å².